The van der Waals surface area contributed by atoms with E-state index in [1.807, 2.05) is 48.5 Å². The number of hydrogen-bond donors (Lipinski definition) is 1. The van der Waals surface area contributed by atoms with Gasteiger partial charge >= 0.3 is 5.97 Å². The molecule has 0 bridgehead atoms. The van der Waals surface area contributed by atoms with E-state index < -0.39 is 11.9 Å². The summed E-state index contributed by atoms with van der Waals surface area (Å²) in [6.45, 7) is 2.08. The molecule has 2 aromatic rings. The van der Waals surface area contributed by atoms with E-state index in [1.165, 1.54) is 5.56 Å². The molecule has 0 aliphatic rings. The monoisotopic (exact) mass is 284 g/mol. The molecule has 110 valence electrons. The van der Waals surface area contributed by atoms with E-state index >= 15 is 0 Å². The quantitative estimate of drug-likeness (QED) is 0.880. The first-order valence-electron chi connectivity index (χ1n) is 7.09. The van der Waals surface area contributed by atoms with Crippen molar-refractivity contribution in [3.05, 3.63) is 65.2 Å². The van der Waals surface area contributed by atoms with Crippen LogP contribution in [-0.4, -0.2) is 18.2 Å². The molecule has 2 aromatic carbocycles. The molecule has 21 heavy (non-hydrogen) atoms. The Labute approximate surface area is 125 Å². The van der Waals surface area contributed by atoms with Crippen LogP contribution in [0.25, 0.3) is 0 Å². The number of carboxylic acids is 1. The molecule has 0 saturated heterocycles. The van der Waals surface area contributed by atoms with Gasteiger partial charge in [0, 0.05) is 0 Å². The largest absolute Gasteiger partial charge is 0.496 e. The van der Waals surface area contributed by atoms with Crippen LogP contribution in [0.1, 0.15) is 29.5 Å². The molecule has 0 spiro atoms. The van der Waals surface area contributed by atoms with E-state index in [9.17, 15) is 9.90 Å². The summed E-state index contributed by atoms with van der Waals surface area (Å²) in [5, 5.41) is 9.54. The van der Waals surface area contributed by atoms with Gasteiger partial charge in [0.25, 0.3) is 0 Å². The standard InChI is InChI=1S/C18H20O3/c1-3-13-8-10-14(11-9-13)16(18(19)20)12-15-6-4-5-7-17(15)21-2/h4-11,16H,3,12H2,1-2H3,(H,19,20). The SMILES string of the molecule is CCc1ccc(C(Cc2ccccc2OC)C(=O)O)cc1. The highest BCUT2D eigenvalue weighted by Gasteiger charge is 2.21. The summed E-state index contributed by atoms with van der Waals surface area (Å²) < 4.78 is 5.31. The Bertz CT molecular complexity index is 602. The first-order valence-corrected chi connectivity index (χ1v) is 7.09. The predicted molar refractivity (Wildman–Crippen MR) is 82.9 cm³/mol. The van der Waals surface area contributed by atoms with Gasteiger partial charge in [0.05, 0.1) is 13.0 Å². The lowest BCUT2D eigenvalue weighted by Gasteiger charge is -2.15. The summed E-state index contributed by atoms with van der Waals surface area (Å²) in [6, 6.07) is 15.4. The van der Waals surface area contributed by atoms with Crippen molar-refractivity contribution in [3.63, 3.8) is 0 Å². The smallest absolute Gasteiger partial charge is 0.311 e. The Morgan fingerprint density at radius 3 is 2.38 bits per heavy atom. The molecule has 1 N–H and O–H groups in total. The maximum absolute atomic E-state index is 11.6. The van der Waals surface area contributed by atoms with Crippen LogP contribution >= 0.6 is 0 Å². The van der Waals surface area contributed by atoms with Gasteiger partial charge < -0.3 is 9.84 Å². The van der Waals surface area contributed by atoms with Crippen molar-refractivity contribution in [3.8, 4) is 5.75 Å². The number of aliphatic carboxylic acids is 1. The number of hydrogen-bond acceptors (Lipinski definition) is 2. The molecular formula is C18H20O3. The second-order valence-electron chi connectivity index (χ2n) is 5.00. The summed E-state index contributed by atoms with van der Waals surface area (Å²) >= 11 is 0. The van der Waals surface area contributed by atoms with E-state index in [2.05, 4.69) is 6.92 Å². The number of methoxy groups -OCH3 is 1. The second kappa shape index (κ2) is 6.93. The summed E-state index contributed by atoms with van der Waals surface area (Å²) in [5.41, 5.74) is 2.94. The maximum Gasteiger partial charge on any atom is 0.311 e. The molecule has 0 aliphatic carbocycles. The first-order chi connectivity index (χ1) is 10.2. The van der Waals surface area contributed by atoms with Crippen molar-refractivity contribution in [1.82, 2.24) is 0 Å². The fourth-order valence-electron chi connectivity index (χ4n) is 2.42. The van der Waals surface area contributed by atoms with Crippen LogP contribution in [0.3, 0.4) is 0 Å². The van der Waals surface area contributed by atoms with Crippen LogP contribution in [-0.2, 0) is 17.6 Å². The van der Waals surface area contributed by atoms with Gasteiger partial charge in [0.2, 0.25) is 0 Å². The molecule has 0 amide bonds. The topological polar surface area (TPSA) is 46.5 Å². The third kappa shape index (κ3) is 3.63. The molecule has 0 heterocycles. The zero-order chi connectivity index (χ0) is 15.2. The molecule has 0 saturated carbocycles. The molecule has 0 aromatic heterocycles. The summed E-state index contributed by atoms with van der Waals surface area (Å²) in [4.78, 5) is 11.6. The predicted octanol–water partition coefficient (Wildman–Crippen LogP) is 3.67. The van der Waals surface area contributed by atoms with E-state index in [1.54, 1.807) is 7.11 Å². The van der Waals surface area contributed by atoms with Gasteiger partial charge in [0.15, 0.2) is 0 Å². The minimum atomic E-state index is -0.815. The Kier molecular flexibility index (Phi) is 4.99. The lowest BCUT2D eigenvalue weighted by atomic mass is 9.91. The van der Waals surface area contributed by atoms with Crippen LogP contribution in [0.4, 0.5) is 0 Å². The molecule has 0 radical (unpaired) electrons. The van der Waals surface area contributed by atoms with Gasteiger partial charge in [0.1, 0.15) is 5.75 Å². The van der Waals surface area contributed by atoms with Gasteiger partial charge in [-0.15, -0.1) is 0 Å². The normalized spacial score (nSPS) is 11.9. The summed E-state index contributed by atoms with van der Waals surface area (Å²) in [5.74, 6) is -0.647. The van der Waals surface area contributed by atoms with E-state index in [0.29, 0.717) is 6.42 Å². The van der Waals surface area contributed by atoms with Crippen molar-refractivity contribution in [2.45, 2.75) is 25.7 Å². The highest BCUT2D eigenvalue weighted by Crippen LogP contribution is 2.27. The number of para-hydroxylation sites is 1. The Hall–Kier alpha value is -2.29. The molecule has 3 heteroatoms. The highest BCUT2D eigenvalue weighted by molar-refractivity contribution is 5.76. The van der Waals surface area contributed by atoms with E-state index in [-0.39, 0.29) is 0 Å². The van der Waals surface area contributed by atoms with Crippen molar-refractivity contribution in [1.29, 1.82) is 0 Å². The van der Waals surface area contributed by atoms with Crippen LogP contribution in [0.5, 0.6) is 5.75 Å². The zero-order valence-corrected chi connectivity index (χ0v) is 12.4. The number of carbonyl (C=O) groups is 1. The van der Waals surface area contributed by atoms with Crippen molar-refractivity contribution < 1.29 is 14.6 Å². The molecule has 2 rings (SSSR count). The highest BCUT2D eigenvalue weighted by atomic mass is 16.5. The van der Waals surface area contributed by atoms with Crippen LogP contribution in [0.2, 0.25) is 0 Å². The molecule has 1 atom stereocenters. The molecule has 0 aliphatic heterocycles. The van der Waals surface area contributed by atoms with Gasteiger partial charge in [-0.1, -0.05) is 49.4 Å². The second-order valence-corrected chi connectivity index (χ2v) is 5.00. The molecule has 0 fully saturated rings. The molecule has 3 nitrogen and oxygen atoms in total. The minimum absolute atomic E-state index is 0.421. The lowest BCUT2D eigenvalue weighted by Crippen LogP contribution is -2.15. The Balaban J connectivity index is 2.28. The number of carboxylic acid groups (broad SMARTS) is 1. The average Bonchev–Trinajstić information content (AvgIpc) is 2.53. The third-order valence-electron chi connectivity index (χ3n) is 3.70. The van der Waals surface area contributed by atoms with Gasteiger partial charge in [-0.2, -0.15) is 0 Å². The lowest BCUT2D eigenvalue weighted by molar-refractivity contribution is -0.138. The van der Waals surface area contributed by atoms with Crippen molar-refractivity contribution in [2.75, 3.05) is 7.11 Å². The van der Waals surface area contributed by atoms with Gasteiger partial charge in [-0.3, -0.25) is 4.79 Å². The van der Waals surface area contributed by atoms with Gasteiger partial charge in [-0.25, -0.2) is 0 Å². The van der Waals surface area contributed by atoms with Crippen molar-refractivity contribution in [2.24, 2.45) is 0 Å². The van der Waals surface area contributed by atoms with Gasteiger partial charge in [-0.05, 0) is 35.6 Å². The minimum Gasteiger partial charge on any atom is -0.496 e. The van der Waals surface area contributed by atoms with Crippen LogP contribution < -0.4 is 4.74 Å². The van der Waals surface area contributed by atoms with Crippen LogP contribution in [0, 0.1) is 0 Å². The Morgan fingerprint density at radius 1 is 1.14 bits per heavy atom. The average molecular weight is 284 g/mol. The summed E-state index contributed by atoms with van der Waals surface area (Å²) in [7, 11) is 1.60. The fraction of sp³-hybridized carbons (Fsp3) is 0.278. The van der Waals surface area contributed by atoms with E-state index in [0.717, 1.165) is 23.3 Å². The fourth-order valence-corrected chi connectivity index (χ4v) is 2.42. The number of benzene rings is 2. The number of aryl methyl sites for hydroxylation is 1. The first kappa shape index (κ1) is 15.1. The maximum atomic E-state index is 11.6. The van der Waals surface area contributed by atoms with E-state index in [4.69, 9.17) is 4.74 Å². The van der Waals surface area contributed by atoms with Crippen LogP contribution in [0.15, 0.2) is 48.5 Å². The number of ether oxygens (including phenoxy) is 1. The molecular weight excluding hydrogens is 264 g/mol. The number of rotatable bonds is 6. The zero-order valence-electron chi connectivity index (χ0n) is 12.4. The third-order valence-corrected chi connectivity index (χ3v) is 3.70. The van der Waals surface area contributed by atoms with Crippen molar-refractivity contribution >= 4 is 5.97 Å². The Morgan fingerprint density at radius 2 is 1.81 bits per heavy atom. The summed E-state index contributed by atoms with van der Waals surface area (Å²) in [6.07, 6.45) is 1.37. The molecule has 1 unspecified atom stereocenters.